The molecule has 35 heavy (non-hydrogen) atoms. The average molecular weight is 566 g/mol. The summed E-state index contributed by atoms with van der Waals surface area (Å²) < 4.78 is 112. The van der Waals surface area contributed by atoms with E-state index < -0.39 is 65.2 Å². The summed E-state index contributed by atoms with van der Waals surface area (Å²) in [6, 6.07) is 4.79. The molecule has 1 atom stereocenters. The smallest absolute Gasteiger partial charge is 0.207 e. The summed E-state index contributed by atoms with van der Waals surface area (Å²) in [5.74, 6) is -10.9. The molecule has 0 heterocycles. The van der Waals surface area contributed by atoms with E-state index in [1.54, 1.807) is 0 Å². The van der Waals surface area contributed by atoms with Gasteiger partial charge in [0.05, 0.1) is 15.1 Å². The first-order chi connectivity index (χ1) is 16.0. The Bertz CT molecular complexity index is 1090. The molecule has 0 spiro atoms. The van der Waals surface area contributed by atoms with Crippen molar-refractivity contribution in [3.63, 3.8) is 0 Å². The first-order valence-corrected chi connectivity index (χ1v) is 11.6. The Labute approximate surface area is 211 Å². The summed E-state index contributed by atoms with van der Waals surface area (Å²) >= 11 is 17.4. The van der Waals surface area contributed by atoms with Crippen LogP contribution in [0, 0.1) is 0 Å². The van der Waals surface area contributed by atoms with Gasteiger partial charge >= 0.3 is 6.18 Å². The fourth-order valence-electron chi connectivity index (χ4n) is 4.17. The van der Waals surface area contributed by atoms with E-state index >= 15 is 4.39 Å². The van der Waals surface area contributed by atoms with E-state index in [0.29, 0.717) is 6.92 Å². The lowest BCUT2D eigenvalue weighted by molar-refractivity contribution is -0.139. The molecule has 1 saturated carbocycles. The molecule has 1 fully saturated rings. The van der Waals surface area contributed by atoms with Gasteiger partial charge in [0, 0.05) is 30.9 Å². The van der Waals surface area contributed by atoms with Gasteiger partial charge in [0.1, 0.15) is 11.7 Å². The van der Waals surface area contributed by atoms with Crippen LogP contribution in [0.5, 0.6) is 0 Å². The standard InChI is InChI=1S/C24H19Cl3F8/c1-22(29,30)17-8-13(2-3-15(17)12-4-6-23(31,32)7-5-12)20(28)11-16(24(33,34)35)14-9-18(25)21(27)19(26)10-14/h2-3,8-12,16H,4-7H2,1H3/b20-11-. The minimum Gasteiger partial charge on any atom is -0.207 e. The van der Waals surface area contributed by atoms with Gasteiger partial charge in [0.15, 0.2) is 0 Å². The van der Waals surface area contributed by atoms with Crippen LogP contribution in [0.15, 0.2) is 36.4 Å². The molecule has 0 aromatic heterocycles. The van der Waals surface area contributed by atoms with Crippen molar-refractivity contribution in [2.75, 3.05) is 0 Å². The maximum Gasteiger partial charge on any atom is 0.399 e. The van der Waals surface area contributed by atoms with Crippen molar-refractivity contribution in [3.05, 3.63) is 73.7 Å². The monoisotopic (exact) mass is 564 g/mol. The van der Waals surface area contributed by atoms with Crippen molar-refractivity contribution in [3.8, 4) is 0 Å². The van der Waals surface area contributed by atoms with Crippen LogP contribution in [0.4, 0.5) is 35.1 Å². The van der Waals surface area contributed by atoms with Gasteiger partial charge in [-0.1, -0.05) is 46.9 Å². The van der Waals surface area contributed by atoms with Crippen LogP contribution in [-0.2, 0) is 5.92 Å². The fourth-order valence-corrected chi connectivity index (χ4v) is 4.78. The number of halogens is 11. The SMILES string of the molecule is CC(F)(F)c1cc(/C(F)=C/C(c2cc(Cl)c(Cl)c(Cl)c2)C(F)(F)F)ccc1C1CCC(F)(F)CC1. The van der Waals surface area contributed by atoms with E-state index in [9.17, 15) is 30.7 Å². The molecule has 0 saturated heterocycles. The summed E-state index contributed by atoms with van der Waals surface area (Å²) in [4.78, 5) is 0. The third-order valence-corrected chi connectivity index (χ3v) is 7.19. The lowest BCUT2D eigenvalue weighted by atomic mass is 9.79. The molecule has 2 aromatic carbocycles. The van der Waals surface area contributed by atoms with Crippen LogP contribution < -0.4 is 0 Å². The first kappa shape index (κ1) is 28.1. The third-order valence-electron chi connectivity index (χ3n) is 5.99. The Morgan fingerprint density at radius 3 is 2.00 bits per heavy atom. The number of alkyl halides is 7. The maximum atomic E-state index is 15.1. The van der Waals surface area contributed by atoms with Crippen LogP contribution in [0.1, 0.15) is 66.7 Å². The normalized spacial score (nSPS) is 18.6. The number of hydrogen-bond acceptors (Lipinski definition) is 0. The highest BCUT2D eigenvalue weighted by molar-refractivity contribution is 6.48. The quantitative estimate of drug-likeness (QED) is 0.250. The van der Waals surface area contributed by atoms with E-state index in [0.717, 1.165) is 24.3 Å². The predicted octanol–water partition coefficient (Wildman–Crippen LogP) is 10.7. The zero-order valence-corrected chi connectivity index (χ0v) is 20.4. The van der Waals surface area contributed by atoms with Gasteiger partial charge < -0.3 is 0 Å². The second-order valence-corrected chi connectivity index (χ2v) is 9.85. The Hall–Kier alpha value is -1.51. The van der Waals surface area contributed by atoms with Crippen molar-refractivity contribution in [2.45, 2.75) is 62.5 Å². The van der Waals surface area contributed by atoms with Crippen LogP contribution in [0.25, 0.3) is 5.83 Å². The fraction of sp³-hybridized carbons (Fsp3) is 0.417. The molecule has 3 rings (SSSR count). The Kier molecular flexibility index (Phi) is 8.10. The van der Waals surface area contributed by atoms with Crippen molar-refractivity contribution < 1.29 is 35.1 Å². The van der Waals surface area contributed by atoms with Gasteiger partial charge in [-0.3, -0.25) is 0 Å². The molecule has 192 valence electrons. The predicted molar refractivity (Wildman–Crippen MR) is 122 cm³/mol. The Balaban J connectivity index is 2.03. The molecule has 2 aromatic rings. The molecule has 0 amide bonds. The zero-order valence-electron chi connectivity index (χ0n) is 18.1. The highest BCUT2D eigenvalue weighted by Gasteiger charge is 2.41. The number of hydrogen-bond donors (Lipinski definition) is 0. The highest BCUT2D eigenvalue weighted by Crippen LogP contribution is 2.46. The average Bonchev–Trinajstić information content (AvgIpc) is 2.73. The van der Waals surface area contributed by atoms with Gasteiger partial charge in [0.25, 0.3) is 5.92 Å². The summed E-state index contributed by atoms with van der Waals surface area (Å²) in [5, 5.41) is -0.714. The summed E-state index contributed by atoms with van der Waals surface area (Å²) in [7, 11) is 0. The lowest BCUT2D eigenvalue weighted by Gasteiger charge is -2.31. The lowest BCUT2D eigenvalue weighted by Crippen LogP contribution is -2.25. The molecule has 0 nitrogen and oxygen atoms in total. The van der Waals surface area contributed by atoms with E-state index in [4.69, 9.17) is 34.8 Å². The molecule has 1 unspecified atom stereocenters. The zero-order chi connectivity index (χ0) is 26.3. The molecule has 0 radical (unpaired) electrons. The van der Waals surface area contributed by atoms with E-state index in [2.05, 4.69) is 0 Å². The Morgan fingerprint density at radius 2 is 1.51 bits per heavy atom. The van der Waals surface area contributed by atoms with Crippen molar-refractivity contribution in [2.24, 2.45) is 0 Å². The Morgan fingerprint density at radius 1 is 0.971 bits per heavy atom. The van der Waals surface area contributed by atoms with Crippen molar-refractivity contribution >= 4 is 40.6 Å². The number of benzene rings is 2. The minimum atomic E-state index is -4.97. The van der Waals surface area contributed by atoms with E-state index in [1.807, 2.05) is 0 Å². The summed E-state index contributed by atoms with van der Waals surface area (Å²) in [5.41, 5.74) is -1.54. The van der Waals surface area contributed by atoms with Gasteiger partial charge in [-0.2, -0.15) is 13.2 Å². The molecule has 0 N–H and O–H groups in total. The van der Waals surface area contributed by atoms with Gasteiger partial charge in [0.2, 0.25) is 5.92 Å². The second-order valence-electron chi connectivity index (χ2n) is 8.65. The van der Waals surface area contributed by atoms with Gasteiger partial charge in [-0.05, 0) is 54.2 Å². The van der Waals surface area contributed by atoms with E-state index in [-0.39, 0.29) is 39.5 Å². The third kappa shape index (κ3) is 6.63. The minimum absolute atomic E-state index is 0.0397. The molecule has 1 aliphatic rings. The molecular weight excluding hydrogens is 547 g/mol. The van der Waals surface area contributed by atoms with Gasteiger partial charge in [-0.15, -0.1) is 0 Å². The molecule has 0 aliphatic heterocycles. The van der Waals surface area contributed by atoms with E-state index in [1.165, 1.54) is 6.07 Å². The number of rotatable bonds is 5. The topological polar surface area (TPSA) is 0 Å². The summed E-state index contributed by atoms with van der Waals surface area (Å²) in [6.07, 6.45) is -5.75. The summed E-state index contributed by atoms with van der Waals surface area (Å²) in [6.45, 7) is 0.560. The molecule has 11 heteroatoms. The highest BCUT2D eigenvalue weighted by atomic mass is 35.5. The number of allylic oxidation sites excluding steroid dienone is 1. The second kappa shape index (κ2) is 10.1. The van der Waals surface area contributed by atoms with Crippen LogP contribution in [-0.4, -0.2) is 12.1 Å². The van der Waals surface area contributed by atoms with Crippen LogP contribution >= 0.6 is 34.8 Å². The molecule has 1 aliphatic carbocycles. The first-order valence-electron chi connectivity index (χ1n) is 10.5. The van der Waals surface area contributed by atoms with Crippen molar-refractivity contribution in [1.82, 2.24) is 0 Å². The van der Waals surface area contributed by atoms with Crippen LogP contribution in [0.2, 0.25) is 15.1 Å². The maximum absolute atomic E-state index is 15.1. The molecular formula is C24H19Cl3F8. The van der Waals surface area contributed by atoms with Crippen molar-refractivity contribution in [1.29, 1.82) is 0 Å². The largest absolute Gasteiger partial charge is 0.399 e. The molecule has 0 bridgehead atoms. The van der Waals surface area contributed by atoms with Crippen LogP contribution in [0.3, 0.4) is 0 Å². The van der Waals surface area contributed by atoms with Gasteiger partial charge in [-0.25, -0.2) is 22.0 Å².